The normalized spacial score (nSPS) is 10.8. The fraction of sp³-hybridized carbons (Fsp3) is 0.0714. The highest BCUT2D eigenvalue weighted by atomic mass is 35.5. The second-order valence-electron chi connectivity index (χ2n) is 4.27. The highest BCUT2D eigenvalue weighted by Gasteiger charge is 2.14. The van der Waals surface area contributed by atoms with Crippen LogP contribution in [0.15, 0.2) is 36.4 Å². The summed E-state index contributed by atoms with van der Waals surface area (Å²) in [6.07, 6.45) is 0. The molecule has 0 spiro atoms. The highest BCUT2D eigenvalue weighted by Crippen LogP contribution is 2.36. The fourth-order valence-electron chi connectivity index (χ4n) is 1.94. The number of fused-ring (bicyclic) bond motifs is 1. The van der Waals surface area contributed by atoms with Gasteiger partial charge in [0.1, 0.15) is 10.8 Å². The summed E-state index contributed by atoms with van der Waals surface area (Å²) in [4.78, 5) is 14.8. The van der Waals surface area contributed by atoms with Crippen LogP contribution in [0, 0.1) is 10.1 Å². The predicted octanol–water partition coefficient (Wildman–Crippen LogP) is 4.53. The molecule has 0 N–H and O–H groups in total. The first-order valence-corrected chi connectivity index (χ1v) is 7.17. The van der Waals surface area contributed by atoms with Crippen LogP contribution < -0.4 is 4.74 Å². The maximum atomic E-state index is 10.7. The number of aromatic nitrogens is 1. The number of rotatable bonds is 3. The van der Waals surface area contributed by atoms with E-state index in [0.717, 1.165) is 21.0 Å². The molecule has 0 amide bonds. The zero-order valence-electron chi connectivity index (χ0n) is 10.9. The molecular weight excluding hydrogens is 312 g/mol. The largest absolute Gasteiger partial charge is 0.497 e. The highest BCUT2D eigenvalue weighted by molar-refractivity contribution is 7.21. The maximum Gasteiger partial charge on any atom is 0.270 e. The average Bonchev–Trinajstić information content (AvgIpc) is 2.89. The molecule has 21 heavy (non-hydrogen) atoms. The third kappa shape index (κ3) is 2.55. The molecule has 5 nitrogen and oxygen atoms in total. The number of hydrogen-bond acceptors (Lipinski definition) is 5. The molecule has 3 aromatic rings. The van der Waals surface area contributed by atoms with Crippen LogP contribution in [0.5, 0.6) is 5.75 Å². The van der Waals surface area contributed by atoms with Gasteiger partial charge in [-0.3, -0.25) is 10.1 Å². The SMILES string of the molecule is COc1ccc2nc(-c3ccc([N+](=O)[O-])cc3Cl)sc2c1. The topological polar surface area (TPSA) is 65.3 Å². The van der Waals surface area contributed by atoms with Crippen molar-refractivity contribution < 1.29 is 9.66 Å². The number of ether oxygens (including phenoxy) is 1. The van der Waals surface area contributed by atoms with Crippen molar-refractivity contribution in [1.82, 2.24) is 4.98 Å². The molecule has 0 fully saturated rings. The first kappa shape index (κ1) is 13.8. The van der Waals surface area contributed by atoms with Crippen LogP contribution in [0.1, 0.15) is 0 Å². The minimum Gasteiger partial charge on any atom is -0.497 e. The van der Waals surface area contributed by atoms with Gasteiger partial charge in [-0.05, 0) is 24.3 Å². The minimum absolute atomic E-state index is 0.0356. The summed E-state index contributed by atoms with van der Waals surface area (Å²) in [5.41, 5.74) is 1.49. The van der Waals surface area contributed by atoms with E-state index in [2.05, 4.69) is 4.98 Å². The van der Waals surface area contributed by atoms with Crippen LogP contribution in [0.2, 0.25) is 5.02 Å². The maximum absolute atomic E-state index is 10.7. The van der Waals surface area contributed by atoms with Gasteiger partial charge in [-0.2, -0.15) is 0 Å². The number of hydrogen-bond donors (Lipinski definition) is 0. The summed E-state index contributed by atoms with van der Waals surface area (Å²) in [6.45, 7) is 0. The number of thiazole rings is 1. The molecule has 0 atom stereocenters. The summed E-state index contributed by atoms with van der Waals surface area (Å²) in [7, 11) is 1.61. The van der Waals surface area contributed by atoms with Crippen molar-refractivity contribution in [2.24, 2.45) is 0 Å². The molecule has 0 aliphatic carbocycles. The Hall–Kier alpha value is -2.18. The number of methoxy groups -OCH3 is 1. The van der Waals surface area contributed by atoms with Crippen LogP contribution in [-0.4, -0.2) is 17.0 Å². The van der Waals surface area contributed by atoms with E-state index >= 15 is 0 Å². The standard InChI is InChI=1S/C14H9ClN2O3S/c1-20-9-3-5-12-13(7-9)21-14(16-12)10-4-2-8(17(18)19)6-11(10)15/h2-7H,1H3. The van der Waals surface area contributed by atoms with Crippen molar-refractivity contribution in [2.45, 2.75) is 0 Å². The molecule has 1 heterocycles. The van der Waals surface area contributed by atoms with Gasteiger partial charge >= 0.3 is 0 Å². The Morgan fingerprint density at radius 2 is 2.10 bits per heavy atom. The second kappa shape index (κ2) is 5.31. The van der Waals surface area contributed by atoms with Gasteiger partial charge in [0.15, 0.2) is 0 Å². The van der Waals surface area contributed by atoms with Gasteiger partial charge in [-0.15, -0.1) is 11.3 Å². The number of nitro benzene ring substituents is 1. The Kier molecular flexibility index (Phi) is 3.48. The van der Waals surface area contributed by atoms with Gasteiger partial charge in [0, 0.05) is 17.7 Å². The summed E-state index contributed by atoms with van der Waals surface area (Å²) in [6, 6.07) is 9.99. The molecule has 2 aromatic carbocycles. The Morgan fingerprint density at radius 3 is 2.76 bits per heavy atom. The van der Waals surface area contributed by atoms with E-state index in [4.69, 9.17) is 16.3 Å². The van der Waals surface area contributed by atoms with E-state index < -0.39 is 4.92 Å². The van der Waals surface area contributed by atoms with Crippen molar-refractivity contribution in [3.05, 3.63) is 51.5 Å². The number of nitrogens with zero attached hydrogens (tertiary/aromatic N) is 2. The average molecular weight is 321 g/mol. The predicted molar refractivity (Wildman–Crippen MR) is 83.3 cm³/mol. The first-order valence-electron chi connectivity index (χ1n) is 5.97. The van der Waals surface area contributed by atoms with E-state index in [0.29, 0.717) is 10.6 Å². The van der Waals surface area contributed by atoms with Gasteiger partial charge in [0.05, 0.1) is 27.3 Å². The number of nitro groups is 1. The van der Waals surface area contributed by atoms with Crippen LogP contribution in [-0.2, 0) is 0 Å². The van der Waals surface area contributed by atoms with Crippen molar-refractivity contribution in [1.29, 1.82) is 0 Å². The molecule has 7 heteroatoms. The Balaban J connectivity index is 2.09. The van der Waals surface area contributed by atoms with Gasteiger partial charge < -0.3 is 4.74 Å². The molecule has 0 bridgehead atoms. The molecule has 0 radical (unpaired) electrons. The summed E-state index contributed by atoms with van der Waals surface area (Å²) in [5.74, 6) is 0.757. The van der Waals surface area contributed by atoms with Crippen molar-refractivity contribution >= 4 is 38.8 Å². The van der Waals surface area contributed by atoms with Gasteiger partial charge in [0.2, 0.25) is 0 Å². The lowest BCUT2D eigenvalue weighted by atomic mass is 10.2. The van der Waals surface area contributed by atoms with Crippen molar-refractivity contribution in [3.63, 3.8) is 0 Å². The van der Waals surface area contributed by atoms with Gasteiger partial charge in [0.25, 0.3) is 5.69 Å². The quantitative estimate of drug-likeness (QED) is 0.525. The molecule has 0 aliphatic rings. The smallest absolute Gasteiger partial charge is 0.270 e. The van der Waals surface area contributed by atoms with Crippen LogP contribution in [0.25, 0.3) is 20.8 Å². The lowest BCUT2D eigenvalue weighted by Gasteiger charge is -1.99. The van der Waals surface area contributed by atoms with Crippen LogP contribution in [0.4, 0.5) is 5.69 Å². The first-order chi connectivity index (χ1) is 10.1. The number of halogens is 1. The monoisotopic (exact) mass is 320 g/mol. The molecule has 3 rings (SSSR count). The Bertz CT molecular complexity index is 847. The van der Waals surface area contributed by atoms with E-state index in [1.165, 1.54) is 23.5 Å². The number of non-ortho nitro benzene ring substituents is 1. The molecule has 0 unspecified atom stereocenters. The summed E-state index contributed by atoms with van der Waals surface area (Å²) in [5, 5.41) is 11.8. The van der Waals surface area contributed by atoms with Gasteiger partial charge in [-0.25, -0.2) is 4.98 Å². The van der Waals surface area contributed by atoms with Crippen molar-refractivity contribution in [2.75, 3.05) is 7.11 Å². The van der Waals surface area contributed by atoms with E-state index in [9.17, 15) is 10.1 Å². The molecular formula is C14H9ClN2O3S. The minimum atomic E-state index is -0.473. The zero-order valence-corrected chi connectivity index (χ0v) is 12.4. The zero-order chi connectivity index (χ0) is 15.0. The van der Waals surface area contributed by atoms with Crippen LogP contribution >= 0.6 is 22.9 Å². The molecule has 106 valence electrons. The second-order valence-corrected chi connectivity index (χ2v) is 5.71. The Morgan fingerprint density at radius 1 is 1.29 bits per heavy atom. The molecule has 1 aromatic heterocycles. The lowest BCUT2D eigenvalue weighted by Crippen LogP contribution is -1.88. The molecule has 0 saturated carbocycles. The third-order valence-corrected chi connectivity index (χ3v) is 4.35. The van der Waals surface area contributed by atoms with Crippen LogP contribution in [0.3, 0.4) is 0 Å². The van der Waals surface area contributed by atoms with E-state index in [1.807, 2.05) is 18.2 Å². The third-order valence-electron chi connectivity index (χ3n) is 2.99. The van der Waals surface area contributed by atoms with Crippen molar-refractivity contribution in [3.8, 4) is 16.3 Å². The summed E-state index contributed by atoms with van der Waals surface area (Å²) < 4.78 is 6.15. The lowest BCUT2D eigenvalue weighted by molar-refractivity contribution is -0.384. The molecule has 0 aliphatic heterocycles. The van der Waals surface area contributed by atoms with E-state index in [-0.39, 0.29) is 5.69 Å². The Labute approximate surface area is 128 Å². The molecule has 0 saturated heterocycles. The number of benzene rings is 2. The van der Waals surface area contributed by atoms with E-state index in [1.54, 1.807) is 13.2 Å². The summed E-state index contributed by atoms with van der Waals surface area (Å²) >= 11 is 7.59. The van der Waals surface area contributed by atoms with Gasteiger partial charge in [-0.1, -0.05) is 11.6 Å². The fourth-order valence-corrected chi connectivity index (χ4v) is 3.29.